The normalized spacial score (nSPS) is 17.9. The summed E-state index contributed by atoms with van der Waals surface area (Å²) in [5.74, 6) is 0. The number of nitro benzene ring substituents is 2. The van der Waals surface area contributed by atoms with Crippen LogP contribution in [0.1, 0.15) is 24.4 Å². The van der Waals surface area contributed by atoms with Gasteiger partial charge in [0.1, 0.15) is 6.04 Å². The second-order valence-electron chi connectivity index (χ2n) is 7.12. The van der Waals surface area contributed by atoms with Crippen LogP contribution in [-0.2, 0) is 0 Å². The molecule has 2 aromatic rings. The van der Waals surface area contributed by atoms with E-state index in [9.17, 15) is 25.3 Å². The van der Waals surface area contributed by atoms with Crippen LogP contribution in [0.25, 0.3) is 0 Å². The average Bonchev–Trinajstić information content (AvgIpc) is 2.71. The molecule has 2 aromatic carbocycles. The third-order valence-electron chi connectivity index (χ3n) is 5.12. The summed E-state index contributed by atoms with van der Waals surface area (Å²) in [5, 5.41) is 41.8. The number of non-ortho nitro benzene ring substituents is 1. The van der Waals surface area contributed by atoms with Crippen molar-refractivity contribution in [1.29, 1.82) is 0 Å². The number of piperidine rings is 1. The van der Waals surface area contributed by atoms with Crippen molar-refractivity contribution >= 4 is 17.1 Å². The SMILES string of the molecule is CN1CCC(O)(C(N=Nc2ccc([N+](=O)[O-])cc2[N+](=O)[O-])c2ccccc2)CC1. The van der Waals surface area contributed by atoms with Gasteiger partial charge in [0, 0.05) is 19.2 Å². The highest BCUT2D eigenvalue weighted by Crippen LogP contribution is 2.39. The van der Waals surface area contributed by atoms with Gasteiger partial charge in [-0.2, -0.15) is 5.11 Å². The summed E-state index contributed by atoms with van der Waals surface area (Å²) < 4.78 is 0. The number of benzene rings is 2. The van der Waals surface area contributed by atoms with Crippen LogP contribution in [0, 0.1) is 20.2 Å². The number of nitro groups is 2. The number of hydrogen-bond donors (Lipinski definition) is 1. The van der Waals surface area contributed by atoms with Crippen molar-refractivity contribution in [2.75, 3.05) is 20.1 Å². The zero-order chi connectivity index (χ0) is 21.0. The van der Waals surface area contributed by atoms with E-state index in [4.69, 9.17) is 0 Å². The Kier molecular flexibility index (Phi) is 5.95. The molecule has 0 amide bonds. The Labute approximate surface area is 166 Å². The molecule has 152 valence electrons. The Morgan fingerprint density at radius 3 is 2.31 bits per heavy atom. The smallest absolute Gasteiger partial charge is 0.303 e. The highest BCUT2D eigenvalue weighted by molar-refractivity contribution is 5.61. The van der Waals surface area contributed by atoms with Crippen LogP contribution in [0.2, 0.25) is 0 Å². The van der Waals surface area contributed by atoms with Gasteiger partial charge in [0.25, 0.3) is 5.69 Å². The summed E-state index contributed by atoms with van der Waals surface area (Å²) in [4.78, 5) is 22.9. The standard InChI is InChI=1S/C19H21N5O5/c1-22-11-9-19(25,10-12-22)18(14-5-3-2-4-6-14)21-20-16-8-7-15(23(26)27)13-17(16)24(28)29/h2-8,13,18,25H,9-12H2,1H3. The molecule has 1 fully saturated rings. The number of rotatable bonds is 6. The minimum Gasteiger partial charge on any atom is -0.387 e. The monoisotopic (exact) mass is 399 g/mol. The Balaban J connectivity index is 1.99. The van der Waals surface area contributed by atoms with Gasteiger partial charge in [-0.1, -0.05) is 30.3 Å². The van der Waals surface area contributed by atoms with E-state index in [0.717, 1.165) is 17.7 Å². The molecule has 29 heavy (non-hydrogen) atoms. The second kappa shape index (κ2) is 8.41. The number of likely N-dealkylation sites (tertiary alicyclic amines) is 1. The molecule has 1 aliphatic heterocycles. The Hall–Kier alpha value is -3.24. The predicted octanol–water partition coefficient (Wildman–Crippen LogP) is 3.78. The number of azo groups is 1. The van der Waals surface area contributed by atoms with Crippen LogP contribution in [0.5, 0.6) is 0 Å². The van der Waals surface area contributed by atoms with Gasteiger partial charge in [-0.25, -0.2) is 0 Å². The fourth-order valence-corrected chi connectivity index (χ4v) is 3.37. The predicted molar refractivity (Wildman–Crippen MR) is 105 cm³/mol. The summed E-state index contributed by atoms with van der Waals surface area (Å²) in [6, 6.07) is 11.6. The lowest BCUT2D eigenvalue weighted by atomic mass is 9.81. The minimum absolute atomic E-state index is 0.0990. The molecule has 0 spiro atoms. The molecule has 0 saturated carbocycles. The van der Waals surface area contributed by atoms with E-state index in [1.807, 2.05) is 37.4 Å². The maximum Gasteiger partial charge on any atom is 0.303 e. The van der Waals surface area contributed by atoms with E-state index in [-0.39, 0.29) is 5.69 Å². The zero-order valence-electron chi connectivity index (χ0n) is 15.8. The first-order valence-electron chi connectivity index (χ1n) is 9.10. The van der Waals surface area contributed by atoms with Crippen LogP contribution in [0.3, 0.4) is 0 Å². The summed E-state index contributed by atoms with van der Waals surface area (Å²) in [6.07, 6.45) is 0.953. The Morgan fingerprint density at radius 1 is 1.07 bits per heavy atom. The second-order valence-corrected chi connectivity index (χ2v) is 7.12. The van der Waals surface area contributed by atoms with Gasteiger partial charge in [-0.05, 0) is 31.5 Å². The van der Waals surface area contributed by atoms with E-state index >= 15 is 0 Å². The van der Waals surface area contributed by atoms with Crippen molar-refractivity contribution in [3.8, 4) is 0 Å². The molecule has 10 heteroatoms. The first-order chi connectivity index (χ1) is 13.8. The first kappa shape index (κ1) is 20.5. The van der Waals surface area contributed by atoms with Gasteiger partial charge in [0.05, 0.1) is 21.5 Å². The molecular formula is C19H21N5O5. The first-order valence-corrected chi connectivity index (χ1v) is 9.10. The van der Waals surface area contributed by atoms with Crippen molar-refractivity contribution in [3.63, 3.8) is 0 Å². The highest BCUT2D eigenvalue weighted by Gasteiger charge is 2.40. The molecule has 10 nitrogen and oxygen atoms in total. The largest absolute Gasteiger partial charge is 0.387 e. The van der Waals surface area contributed by atoms with Crippen LogP contribution in [0.4, 0.5) is 17.1 Å². The molecule has 1 saturated heterocycles. The van der Waals surface area contributed by atoms with E-state index in [1.54, 1.807) is 0 Å². The molecule has 3 rings (SSSR count). The highest BCUT2D eigenvalue weighted by atomic mass is 16.6. The van der Waals surface area contributed by atoms with Crippen molar-refractivity contribution in [1.82, 2.24) is 4.90 Å². The van der Waals surface area contributed by atoms with Gasteiger partial charge in [-0.3, -0.25) is 20.2 Å². The zero-order valence-corrected chi connectivity index (χ0v) is 15.8. The van der Waals surface area contributed by atoms with Crippen molar-refractivity contribution in [3.05, 3.63) is 74.3 Å². The summed E-state index contributed by atoms with van der Waals surface area (Å²) in [6.45, 7) is 1.38. The van der Waals surface area contributed by atoms with Gasteiger partial charge in [0.15, 0.2) is 5.69 Å². The van der Waals surface area contributed by atoms with Gasteiger partial charge in [0.2, 0.25) is 0 Å². The maximum absolute atomic E-state index is 11.3. The van der Waals surface area contributed by atoms with Crippen LogP contribution in [-0.4, -0.2) is 45.6 Å². The quantitative estimate of drug-likeness (QED) is 0.446. The lowest BCUT2D eigenvalue weighted by molar-refractivity contribution is -0.393. The van der Waals surface area contributed by atoms with Crippen LogP contribution >= 0.6 is 0 Å². The van der Waals surface area contributed by atoms with Crippen molar-refractivity contribution in [2.24, 2.45) is 10.2 Å². The Morgan fingerprint density at radius 2 is 1.72 bits per heavy atom. The minimum atomic E-state index is -1.15. The number of aliphatic hydroxyl groups is 1. The molecular weight excluding hydrogens is 378 g/mol. The summed E-state index contributed by atoms with van der Waals surface area (Å²) >= 11 is 0. The summed E-state index contributed by atoms with van der Waals surface area (Å²) in [7, 11) is 1.97. The molecule has 1 unspecified atom stereocenters. The lowest BCUT2D eigenvalue weighted by Crippen LogP contribution is -2.46. The molecule has 1 N–H and O–H groups in total. The topological polar surface area (TPSA) is 134 Å². The van der Waals surface area contributed by atoms with E-state index in [0.29, 0.717) is 25.9 Å². The van der Waals surface area contributed by atoms with Gasteiger partial charge < -0.3 is 10.0 Å². The molecule has 1 atom stereocenters. The van der Waals surface area contributed by atoms with Crippen LogP contribution in [0.15, 0.2) is 58.8 Å². The Bertz CT molecular complexity index is 926. The van der Waals surface area contributed by atoms with Gasteiger partial charge >= 0.3 is 5.69 Å². The lowest BCUT2D eigenvalue weighted by Gasteiger charge is -2.40. The van der Waals surface area contributed by atoms with Crippen LogP contribution < -0.4 is 0 Å². The van der Waals surface area contributed by atoms with E-state index in [2.05, 4.69) is 15.1 Å². The fraction of sp³-hybridized carbons (Fsp3) is 0.368. The third kappa shape index (κ3) is 4.61. The van der Waals surface area contributed by atoms with Crippen molar-refractivity contribution in [2.45, 2.75) is 24.5 Å². The number of nitrogens with zero attached hydrogens (tertiary/aromatic N) is 5. The van der Waals surface area contributed by atoms with E-state index in [1.165, 1.54) is 6.07 Å². The molecule has 1 aliphatic rings. The van der Waals surface area contributed by atoms with Gasteiger partial charge in [-0.15, -0.1) is 5.11 Å². The molecule has 0 bridgehead atoms. The fourth-order valence-electron chi connectivity index (χ4n) is 3.37. The number of hydrogen-bond acceptors (Lipinski definition) is 8. The molecule has 0 aliphatic carbocycles. The molecule has 1 heterocycles. The molecule has 0 aromatic heterocycles. The average molecular weight is 399 g/mol. The third-order valence-corrected chi connectivity index (χ3v) is 5.12. The maximum atomic E-state index is 11.3. The van der Waals surface area contributed by atoms with Crippen molar-refractivity contribution < 1.29 is 15.0 Å². The van der Waals surface area contributed by atoms with E-state index < -0.39 is 32.9 Å². The summed E-state index contributed by atoms with van der Waals surface area (Å²) in [5.41, 5.74) is -1.41. The molecule has 0 radical (unpaired) electrons.